The van der Waals surface area contributed by atoms with E-state index in [0.29, 0.717) is 18.8 Å². The average molecular weight is 581 g/mol. The van der Waals surface area contributed by atoms with Crippen LogP contribution < -0.4 is 4.74 Å². The number of carbonyl (C=O) groups is 1. The zero-order chi connectivity index (χ0) is 25.3. The van der Waals surface area contributed by atoms with Gasteiger partial charge in [-0.2, -0.15) is 5.10 Å². The summed E-state index contributed by atoms with van der Waals surface area (Å²) in [5, 5.41) is 4.73. The first kappa shape index (κ1) is 26.5. The van der Waals surface area contributed by atoms with Crippen molar-refractivity contribution in [2.24, 2.45) is 0 Å². The molecule has 4 rings (SSSR count). The molecule has 0 unspecified atom stereocenters. The minimum atomic E-state index is -0.167. The second kappa shape index (κ2) is 11.2. The summed E-state index contributed by atoms with van der Waals surface area (Å²) in [5.41, 5.74) is 2.26. The first-order valence-corrected chi connectivity index (χ1v) is 12.9. The van der Waals surface area contributed by atoms with Crippen molar-refractivity contribution in [2.75, 3.05) is 26.2 Å². The smallest absolute Gasteiger partial charge is 0.289 e. The van der Waals surface area contributed by atoms with Gasteiger partial charge in [0.05, 0.1) is 20.8 Å². The number of ether oxygens (including phenoxy) is 1. The Morgan fingerprint density at radius 1 is 1.00 bits per heavy atom. The Kier molecular flexibility index (Phi) is 8.46. The van der Waals surface area contributed by atoms with Gasteiger partial charge in [0.1, 0.15) is 22.4 Å². The van der Waals surface area contributed by atoms with Crippen LogP contribution in [-0.2, 0) is 19.7 Å². The van der Waals surface area contributed by atoms with Gasteiger partial charge >= 0.3 is 0 Å². The number of amides is 1. The van der Waals surface area contributed by atoms with Crippen LogP contribution in [0.15, 0.2) is 22.7 Å². The fraction of sp³-hybridized carbons (Fsp3) is 0.391. The molecule has 188 valence electrons. The number of halogens is 5. The third kappa shape index (κ3) is 5.71. The predicted octanol–water partition coefficient (Wildman–Crippen LogP) is 6.61. The summed E-state index contributed by atoms with van der Waals surface area (Å²) in [6.45, 7) is 8.50. The number of nitrogens with zero attached hydrogens (tertiary/aromatic N) is 4. The lowest BCUT2D eigenvalue weighted by molar-refractivity contribution is 0.0594. The number of benzene rings is 1. The molecule has 3 aromatic rings. The van der Waals surface area contributed by atoms with Gasteiger partial charge in [-0.15, -0.1) is 0 Å². The number of furan rings is 1. The number of piperazine rings is 1. The zero-order valence-corrected chi connectivity index (χ0v) is 22.9. The molecule has 35 heavy (non-hydrogen) atoms. The summed E-state index contributed by atoms with van der Waals surface area (Å²) in [4.78, 5) is 17.1. The van der Waals surface area contributed by atoms with E-state index in [2.05, 4.69) is 23.1 Å². The molecule has 0 saturated carbocycles. The molecule has 0 atom stereocenters. The highest BCUT2D eigenvalue weighted by molar-refractivity contribution is 6.55. The van der Waals surface area contributed by atoms with E-state index in [1.807, 2.05) is 11.6 Å². The van der Waals surface area contributed by atoms with Crippen LogP contribution in [0.4, 0.5) is 0 Å². The minimum Gasteiger partial charge on any atom is -0.482 e. The highest BCUT2D eigenvalue weighted by Crippen LogP contribution is 2.48. The quantitative estimate of drug-likeness (QED) is 0.233. The summed E-state index contributed by atoms with van der Waals surface area (Å²) < 4.78 is 13.3. The van der Waals surface area contributed by atoms with Crippen LogP contribution in [0.1, 0.15) is 34.5 Å². The van der Waals surface area contributed by atoms with E-state index in [-0.39, 0.29) is 49.1 Å². The summed E-state index contributed by atoms with van der Waals surface area (Å²) >= 11 is 30.5. The SMILES string of the molecule is CCn1cc(CN2CCN(C(=O)c3ccc(COc4c(Cl)c(Cl)c(Cl)c(Cl)c4Cl)o3)CC2)c(C)n1. The lowest BCUT2D eigenvalue weighted by atomic mass is 10.2. The first-order chi connectivity index (χ1) is 16.7. The summed E-state index contributed by atoms with van der Waals surface area (Å²) in [5.74, 6) is 0.582. The number of hydrogen-bond donors (Lipinski definition) is 0. The number of hydrogen-bond acceptors (Lipinski definition) is 5. The van der Waals surface area contributed by atoms with Gasteiger partial charge in [0, 0.05) is 51.0 Å². The molecule has 3 heterocycles. The Bertz CT molecular complexity index is 1210. The molecule has 0 aliphatic carbocycles. The number of rotatable bonds is 7. The van der Waals surface area contributed by atoms with E-state index < -0.39 is 0 Å². The molecule has 1 aliphatic heterocycles. The van der Waals surface area contributed by atoms with E-state index in [9.17, 15) is 4.79 Å². The van der Waals surface area contributed by atoms with E-state index >= 15 is 0 Å². The Labute approximate surface area is 228 Å². The van der Waals surface area contributed by atoms with Gasteiger partial charge < -0.3 is 14.1 Å². The maximum atomic E-state index is 13.0. The lowest BCUT2D eigenvalue weighted by Crippen LogP contribution is -2.48. The largest absolute Gasteiger partial charge is 0.482 e. The molecule has 0 N–H and O–H groups in total. The topological polar surface area (TPSA) is 63.7 Å². The van der Waals surface area contributed by atoms with Crippen LogP contribution in [0.2, 0.25) is 25.1 Å². The van der Waals surface area contributed by atoms with Gasteiger partial charge in [0.2, 0.25) is 0 Å². The fourth-order valence-electron chi connectivity index (χ4n) is 3.81. The second-order valence-corrected chi connectivity index (χ2v) is 10.0. The van der Waals surface area contributed by atoms with Gasteiger partial charge in [-0.05, 0) is 26.0 Å². The van der Waals surface area contributed by atoms with Crippen molar-refractivity contribution in [1.82, 2.24) is 19.6 Å². The van der Waals surface area contributed by atoms with Crippen molar-refractivity contribution >= 4 is 63.9 Å². The average Bonchev–Trinajstić information content (AvgIpc) is 3.48. The maximum absolute atomic E-state index is 13.0. The first-order valence-electron chi connectivity index (χ1n) is 11.0. The van der Waals surface area contributed by atoms with Crippen molar-refractivity contribution in [3.63, 3.8) is 0 Å². The van der Waals surface area contributed by atoms with Crippen LogP contribution in [0.3, 0.4) is 0 Å². The predicted molar refractivity (Wildman–Crippen MR) is 138 cm³/mol. The third-order valence-corrected chi connectivity index (χ3v) is 8.07. The van der Waals surface area contributed by atoms with Crippen molar-refractivity contribution in [3.8, 4) is 5.75 Å². The maximum Gasteiger partial charge on any atom is 0.289 e. The Morgan fingerprint density at radius 2 is 1.63 bits per heavy atom. The summed E-state index contributed by atoms with van der Waals surface area (Å²) in [6, 6.07) is 3.29. The van der Waals surface area contributed by atoms with Crippen molar-refractivity contribution in [1.29, 1.82) is 0 Å². The van der Waals surface area contributed by atoms with Crippen molar-refractivity contribution in [2.45, 2.75) is 33.5 Å². The molecule has 0 spiro atoms. The van der Waals surface area contributed by atoms with Crippen LogP contribution in [0.25, 0.3) is 0 Å². The number of carbonyl (C=O) groups excluding carboxylic acids is 1. The minimum absolute atomic E-state index is 0.0282. The van der Waals surface area contributed by atoms with Crippen molar-refractivity contribution < 1.29 is 13.9 Å². The third-order valence-electron chi connectivity index (χ3n) is 5.83. The van der Waals surface area contributed by atoms with Gasteiger partial charge in [-0.1, -0.05) is 58.0 Å². The second-order valence-electron chi connectivity index (χ2n) is 8.12. The van der Waals surface area contributed by atoms with E-state index in [0.717, 1.165) is 31.9 Å². The molecule has 2 aromatic heterocycles. The van der Waals surface area contributed by atoms with Gasteiger partial charge in [0.15, 0.2) is 11.5 Å². The standard InChI is InChI=1S/C23H23Cl5N4O3/c1-3-32-11-14(13(2)29-32)10-30-6-8-31(9-7-30)23(33)16-5-4-15(35-16)12-34-22-20(27)18(25)17(24)19(26)21(22)28/h4-5,11H,3,6-10,12H2,1-2H3. The lowest BCUT2D eigenvalue weighted by Gasteiger charge is -2.34. The van der Waals surface area contributed by atoms with Gasteiger partial charge in [-0.3, -0.25) is 14.4 Å². The zero-order valence-electron chi connectivity index (χ0n) is 19.1. The molecular weight excluding hydrogens is 558 g/mol. The Hall–Kier alpha value is -1.61. The van der Waals surface area contributed by atoms with Gasteiger partial charge in [-0.25, -0.2) is 0 Å². The monoisotopic (exact) mass is 578 g/mol. The molecular formula is C23H23Cl5N4O3. The van der Waals surface area contributed by atoms with Gasteiger partial charge in [0.25, 0.3) is 5.91 Å². The molecule has 0 radical (unpaired) electrons. The van der Waals surface area contributed by atoms with Crippen LogP contribution in [0.5, 0.6) is 5.75 Å². The fourth-order valence-corrected chi connectivity index (χ4v) is 5.04. The Balaban J connectivity index is 1.33. The Morgan fingerprint density at radius 3 is 2.23 bits per heavy atom. The normalized spacial score (nSPS) is 14.5. The van der Waals surface area contributed by atoms with Crippen LogP contribution in [0, 0.1) is 6.92 Å². The molecule has 7 nitrogen and oxygen atoms in total. The molecule has 0 bridgehead atoms. The van der Waals surface area contributed by atoms with Crippen molar-refractivity contribution in [3.05, 3.63) is 66.2 Å². The molecule has 1 amide bonds. The van der Waals surface area contributed by atoms with Crippen LogP contribution in [-0.4, -0.2) is 51.7 Å². The van der Waals surface area contributed by atoms with E-state index in [1.165, 1.54) is 5.56 Å². The molecule has 1 aliphatic rings. The summed E-state index contributed by atoms with van der Waals surface area (Å²) in [6.07, 6.45) is 2.09. The number of aryl methyl sites for hydroxylation is 2. The van der Waals surface area contributed by atoms with E-state index in [4.69, 9.17) is 67.2 Å². The van der Waals surface area contributed by atoms with Crippen LogP contribution >= 0.6 is 58.0 Å². The highest BCUT2D eigenvalue weighted by Gasteiger charge is 2.25. The molecule has 12 heteroatoms. The molecule has 1 aromatic carbocycles. The summed E-state index contributed by atoms with van der Waals surface area (Å²) in [7, 11) is 0. The van der Waals surface area contributed by atoms with E-state index in [1.54, 1.807) is 17.0 Å². The molecule has 1 fully saturated rings. The highest BCUT2D eigenvalue weighted by atomic mass is 35.5. The number of aromatic nitrogens is 2. The molecule has 1 saturated heterocycles.